The third-order valence-corrected chi connectivity index (χ3v) is 16.6. The normalized spacial score (nSPS) is 11.6. The first kappa shape index (κ1) is 42.1. The molecule has 2 heterocycles. The Bertz CT molecular complexity index is 4350. The van der Waals surface area contributed by atoms with Crippen LogP contribution in [0.25, 0.3) is 95.3 Å². The fourth-order valence-electron chi connectivity index (χ4n) is 10.8. The van der Waals surface area contributed by atoms with Gasteiger partial charge < -0.3 is 9.80 Å². The zero-order valence-corrected chi connectivity index (χ0v) is 40.7. The molecule has 72 heavy (non-hydrogen) atoms. The lowest BCUT2D eigenvalue weighted by molar-refractivity contribution is 1.29. The maximum Gasteiger partial charge on any atom is 0.0640 e. The molecule has 12 aromatic carbocycles. The minimum atomic E-state index is 1.09. The Morgan fingerprint density at radius 2 is 0.667 bits per heavy atom. The summed E-state index contributed by atoms with van der Waals surface area (Å²) in [6, 6.07) is 98.0. The van der Waals surface area contributed by atoms with Crippen molar-refractivity contribution in [3.8, 4) is 33.4 Å². The SMILES string of the molecule is c1cc(-c2cccc(N(c3ccc(-c4cccc5ccccc45)cc3)c3cccc4c3sc3ccccc34)c2)cc(N(c2ccc(-c3ccc4ccccc4c3)cc2)c2cccc3c2sc2ccccc23)c1. The van der Waals surface area contributed by atoms with Crippen LogP contribution >= 0.6 is 22.7 Å². The Kier molecular flexibility index (Phi) is 10.3. The van der Waals surface area contributed by atoms with Crippen LogP contribution in [0.5, 0.6) is 0 Å². The van der Waals surface area contributed by atoms with E-state index in [0.717, 1.165) is 45.3 Å². The summed E-state index contributed by atoms with van der Waals surface area (Å²) >= 11 is 3.73. The third kappa shape index (κ3) is 7.31. The van der Waals surface area contributed by atoms with Gasteiger partial charge in [0.1, 0.15) is 0 Å². The van der Waals surface area contributed by atoms with E-state index in [4.69, 9.17) is 0 Å². The second-order valence-corrected chi connectivity index (χ2v) is 20.6. The monoisotopic (exact) mass is 952 g/mol. The van der Waals surface area contributed by atoms with Crippen LogP contribution in [0.2, 0.25) is 0 Å². The molecule has 0 saturated carbocycles. The van der Waals surface area contributed by atoms with Crippen molar-refractivity contribution in [2.45, 2.75) is 0 Å². The van der Waals surface area contributed by atoms with Crippen molar-refractivity contribution < 1.29 is 0 Å². The lowest BCUT2D eigenvalue weighted by Gasteiger charge is -2.28. The number of nitrogens with zero attached hydrogens (tertiary/aromatic N) is 2. The van der Waals surface area contributed by atoms with E-state index in [0.29, 0.717) is 0 Å². The van der Waals surface area contributed by atoms with Gasteiger partial charge in [-0.3, -0.25) is 0 Å². The number of fused-ring (bicyclic) bond motifs is 8. The zero-order valence-electron chi connectivity index (χ0n) is 39.1. The van der Waals surface area contributed by atoms with Gasteiger partial charge in [0.25, 0.3) is 0 Å². The highest BCUT2D eigenvalue weighted by atomic mass is 32.1. The topological polar surface area (TPSA) is 6.48 Å². The number of hydrogen-bond donors (Lipinski definition) is 0. The van der Waals surface area contributed by atoms with E-state index in [-0.39, 0.29) is 0 Å². The molecule has 14 rings (SSSR count). The molecule has 2 nitrogen and oxygen atoms in total. The van der Waals surface area contributed by atoms with E-state index >= 15 is 0 Å². The van der Waals surface area contributed by atoms with Gasteiger partial charge in [-0.1, -0.05) is 188 Å². The summed E-state index contributed by atoms with van der Waals surface area (Å²) in [6.45, 7) is 0. The summed E-state index contributed by atoms with van der Waals surface area (Å²) in [7, 11) is 0. The van der Waals surface area contributed by atoms with Gasteiger partial charge in [-0.2, -0.15) is 0 Å². The minimum absolute atomic E-state index is 1.09. The Labute approximate surface area is 426 Å². The molecule has 0 aliphatic carbocycles. The number of thiophene rings is 2. The first-order valence-electron chi connectivity index (χ1n) is 24.5. The van der Waals surface area contributed by atoms with Gasteiger partial charge in [0.2, 0.25) is 0 Å². The van der Waals surface area contributed by atoms with Crippen molar-refractivity contribution in [1.29, 1.82) is 0 Å². The van der Waals surface area contributed by atoms with Gasteiger partial charge in [0.05, 0.1) is 20.8 Å². The quantitative estimate of drug-likeness (QED) is 0.142. The number of benzene rings is 12. The van der Waals surface area contributed by atoms with E-state index in [9.17, 15) is 0 Å². The van der Waals surface area contributed by atoms with E-state index in [2.05, 4.69) is 277 Å². The average molecular weight is 953 g/mol. The van der Waals surface area contributed by atoms with Gasteiger partial charge >= 0.3 is 0 Å². The van der Waals surface area contributed by atoms with Crippen molar-refractivity contribution in [2.24, 2.45) is 0 Å². The van der Waals surface area contributed by atoms with Gasteiger partial charge in [-0.15, -0.1) is 22.7 Å². The van der Waals surface area contributed by atoms with E-state index < -0.39 is 0 Å². The van der Waals surface area contributed by atoms with Gasteiger partial charge in [-0.25, -0.2) is 0 Å². The third-order valence-electron chi connectivity index (χ3n) is 14.2. The standard InChI is InChI=1S/C68H44N2S2/c1-2-16-49-42-52(33-32-45(49)14-1)46-34-38-53(39-35-46)69(63-28-12-26-61-59-23-5-7-30-65(59)71-67(61)63)55-20-9-18-50(43-55)51-19-10-21-56(44-51)70(64-29-13-27-62-60-24-6-8-31-66(60)72-68(62)64)54-40-36-48(37-41-54)58-25-11-17-47-15-3-4-22-57(47)58/h1-44H. The van der Waals surface area contributed by atoms with Gasteiger partial charge in [0, 0.05) is 53.7 Å². The van der Waals surface area contributed by atoms with E-state index in [1.807, 2.05) is 22.7 Å². The molecule has 0 radical (unpaired) electrons. The summed E-state index contributed by atoms with van der Waals surface area (Å²) < 4.78 is 5.11. The van der Waals surface area contributed by atoms with Crippen LogP contribution in [0, 0.1) is 0 Å². The minimum Gasteiger partial charge on any atom is -0.309 e. The summed E-state index contributed by atoms with van der Waals surface area (Å²) in [4.78, 5) is 4.89. The lowest BCUT2D eigenvalue weighted by atomic mass is 9.98. The van der Waals surface area contributed by atoms with Gasteiger partial charge in [0.15, 0.2) is 0 Å². The summed E-state index contributed by atoms with van der Waals surface area (Å²) in [6.07, 6.45) is 0. The van der Waals surface area contributed by atoms with Crippen molar-refractivity contribution in [1.82, 2.24) is 0 Å². The molecule has 0 amide bonds. The molecule has 0 saturated heterocycles. The molecule has 0 N–H and O–H groups in total. The number of anilines is 6. The predicted octanol–water partition coefficient (Wildman–Crippen LogP) is 20.7. The molecule has 0 aliphatic heterocycles. The maximum atomic E-state index is 2.45. The molecule has 0 bridgehead atoms. The van der Waals surface area contributed by atoms with Crippen molar-refractivity contribution in [3.63, 3.8) is 0 Å². The molecule has 0 atom stereocenters. The summed E-state index contributed by atoms with van der Waals surface area (Å²) in [5.74, 6) is 0. The molecule has 0 aliphatic rings. The fraction of sp³-hybridized carbons (Fsp3) is 0. The van der Waals surface area contributed by atoms with Crippen molar-refractivity contribution in [2.75, 3.05) is 9.80 Å². The highest BCUT2D eigenvalue weighted by molar-refractivity contribution is 7.26. The predicted molar refractivity (Wildman–Crippen MR) is 313 cm³/mol. The maximum absolute atomic E-state index is 2.45. The highest BCUT2D eigenvalue weighted by Crippen LogP contribution is 2.48. The lowest BCUT2D eigenvalue weighted by Crippen LogP contribution is -2.10. The molecule has 0 fully saturated rings. The van der Waals surface area contributed by atoms with E-state index in [1.54, 1.807) is 0 Å². The Morgan fingerprint density at radius 1 is 0.236 bits per heavy atom. The van der Waals surface area contributed by atoms with Gasteiger partial charge in [-0.05, 0) is 134 Å². The average Bonchev–Trinajstić information content (AvgIpc) is 4.03. The Morgan fingerprint density at radius 3 is 1.26 bits per heavy atom. The molecule has 338 valence electrons. The second-order valence-electron chi connectivity index (χ2n) is 18.5. The largest absolute Gasteiger partial charge is 0.309 e. The molecule has 0 unspecified atom stereocenters. The summed E-state index contributed by atoms with van der Waals surface area (Å²) in [5, 5.41) is 10.1. The van der Waals surface area contributed by atoms with Crippen LogP contribution in [0.15, 0.2) is 267 Å². The number of hydrogen-bond acceptors (Lipinski definition) is 4. The molecule has 14 aromatic rings. The van der Waals surface area contributed by atoms with Crippen LogP contribution in [-0.4, -0.2) is 0 Å². The van der Waals surface area contributed by atoms with E-state index in [1.165, 1.54) is 84.1 Å². The van der Waals surface area contributed by atoms with Crippen molar-refractivity contribution in [3.05, 3.63) is 267 Å². The van der Waals surface area contributed by atoms with Crippen LogP contribution in [0.4, 0.5) is 34.1 Å². The molecule has 2 aromatic heterocycles. The van der Waals surface area contributed by atoms with Crippen LogP contribution in [0.1, 0.15) is 0 Å². The highest BCUT2D eigenvalue weighted by Gasteiger charge is 2.22. The van der Waals surface area contributed by atoms with Crippen LogP contribution < -0.4 is 9.80 Å². The Hall–Kier alpha value is -8.80. The fourth-order valence-corrected chi connectivity index (χ4v) is 13.2. The molecule has 4 heteroatoms. The van der Waals surface area contributed by atoms with Crippen LogP contribution in [-0.2, 0) is 0 Å². The first-order valence-corrected chi connectivity index (χ1v) is 26.1. The first-order chi connectivity index (χ1) is 35.7. The second kappa shape index (κ2) is 17.6. The zero-order chi connectivity index (χ0) is 47.5. The summed E-state index contributed by atoms with van der Waals surface area (Å²) in [5.41, 5.74) is 13.8. The smallest absolute Gasteiger partial charge is 0.0640 e. The Balaban J connectivity index is 0.897. The molecular formula is C68H44N2S2. The van der Waals surface area contributed by atoms with Crippen molar-refractivity contribution >= 4 is 119 Å². The molecule has 0 spiro atoms. The molecular weight excluding hydrogens is 909 g/mol. The number of rotatable bonds is 9. The van der Waals surface area contributed by atoms with Crippen LogP contribution in [0.3, 0.4) is 0 Å².